The third-order valence-electron chi connectivity index (χ3n) is 5.94. The summed E-state index contributed by atoms with van der Waals surface area (Å²) in [6, 6.07) is 32.9. The van der Waals surface area contributed by atoms with Gasteiger partial charge < -0.3 is 9.88 Å². The third kappa shape index (κ3) is 3.91. The molecule has 0 unspecified atom stereocenters. The lowest BCUT2D eigenvalue weighted by Gasteiger charge is -2.05. The lowest BCUT2D eigenvalue weighted by Crippen LogP contribution is -2.19. The van der Waals surface area contributed by atoms with Crippen molar-refractivity contribution < 1.29 is 4.79 Å². The molecule has 2 heterocycles. The molecule has 0 atom stereocenters. The van der Waals surface area contributed by atoms with Crippen molar-refractivity contribution in [1.29, 1.82) is 0 Å². The first-order chi connectivity index (χ1) is 16.7. The Hall–Kier alpha value is -4.09. The zero-order valence-electron chi connectivity index (χ0n) is 18.3. The fraction of sp³-hybridized carbons (Fsp3) is 0.0345. The maximum absolute atomic E-state index is 12.8. The molecule has 6 rings (SSSR count). The average molecular weight is 460 g/mol. The van der Waals surface area contributed by atoms with Crippen molar-refractivity contribution in [2.45, 2.75) is 6.54 Å². The van der Waals surface area contributed by atoms with Gasteiger partial charge in [-0.25, -0.2) is 4.99 Å². The standard InChI is InChI=1S/C29H21N3OS/c33-28-27(34-29(31-28)30-25-15-8-12-21-11-4-5-13-23(21)25)17-22-19-32(18-20-9-2-1-3-10-20)26-16-7-6-14-24(22)26/h1-17,19H,18H2,(H,30,31,33)/b27-17-. The molecule has 0 spiro atoms. The van der Waals surface area contributed by atoms with E-state index in [1.54, 1.807) is 0 Å². The van der Waals surface area contributed by atoms with Crippen molar-refractivity contribution in [3.63, 3.8) is 0 Å². The number of benzene rings is 4. The molecular formula is C29H21N3OS. The van der Waals surface area contributed by atoms with E-state index in [1.807, 2.05) is 48.5 Å². The summed E-state index contributed by atoms with van der Waals surface area (Å²) in [6.07, 6.45) is 4.09. The van der Waals surface area contributed by atoms with E-state index in [0.717, 1.165) is 39.5 Å². The molecule has 1 aliphatic rings. The summed E-state index contributed by atoms with van der Waals surface area (Å²) in [5.74, 6) is -0.121. The maximum atomic E-state index is 12.8. The Morgan fingerprint density at radius 3 is 2.44 bits per heavy atom. The van der Waals surface area contributed by atoms with Gasteiger partial charge in [0.25, 0.3) is 5.91 Å². The first-order valence-corrected chi connectivity index (χ1v) is 12.0. The fourth-order valence-corrected chi connectivity index (χ4v) is 5.16. The highest BCUT2D eigenvalue weighted by Gasteiger charge is 2.24. The smallest absolute Gasteiger partial charge is 0.264 e. The first-order valence-electron chi connectivity index (χ1n) is 11.1. The minimum Gasteiger partial charge on any atom is -0.342 e. The summed E-state index contributed by atoms with van der Waals surface area (Å²) >= 11 is 1.38. The molecule has 1 aliphatic heterocycles. The van der Waals surface area contributed by atoms with E-state index in [-0.39, 0.29) is 5.91 Å². The van der Waals surface area contributed by atoms with E-state index >= 15 is 0 Å². The molecule has 4 nitrogen and oxygen atoms in total. The van der Waals surface area contributed by atoms with Gasteiger partial charge in [-0.1, -0.05) is 84.9 Å². The van der Waals surface area contributed by atoms with E-state index in [0.29, 0.717) is 10.1 Å². The van der Waals surface area contributed by atoms with E-state index in [1.165, 1.54) is 17.3 Å². The van der Waals surface area contributed by atoms with Gasteiger partial charge in [0.1, 0.15) is 0 Å². The van der Waals surface area contributed by atoms with Gasteiger partial charge in [-0.15, -0.1) is 0 Å². The lowest BCUT2D eigenvalue weighted by molar-refractivity contribution is -0.115. The number of carbonyl (C=O) groups excluding carboxylic acids is 1. The second-order valence-corrected chi connectivity index (χ2v) is 9.23. The molecule has 1 N–H and O–H groups in total. The topological polar surface area (TPSA) is 46.4 Å². The number of thioether (sulfide) groups is 1. The number of para-hydroxylation sites is 1. The molecule has 1 aromatic heterocycles. The largest absolute Gasteiger partial charge is 0.342 e. The molecule has 164 valence electrons. The van der Waals surface area contributed by atoms with Crippen LogP contribution in [0.25, 0.3) is 27.8 Å². The summed E-state index contributed by atoms with van der Waals surface area (Å²) in [6.45, 7) is 0.775. The molecule has 0 aliphatic carbocycles. The summed E-state index contributed by atoms with van der Waals surface area (Å²) in [5.41, 5.74) is 4.25. The van der Waals surface area contributed by atoms with Crippen molar-refractivity contribution in [1.82, 2.24) is 9.88 Å². The molecule has 5 aromatic rings. The number of aliphatic imine (C=N–C) groups is 1. The molecule has 1 amide bonds. The van der Waals surface area contributed by atoms with Crippen LogP contribution in [0.15, 0.2) is 113 Å². The molecule has 5 heteroatoms. The van der Waals surface area contributed by atoms with E-state index in [2.05, 4.69) is 70.7 Å². The van der Waals surface area contributed by atoms with Crippen LogP contribution in [0, 0.1) is 0 Å². The van der Waals surface area contributed by atoms with Gasteiger partial charge in [0.05, 0.1) is 10.6 Å². The van der Waals surface area contributed by atoms with E-state index < -0.39 is 0 Å². The monoisotopic (exact) mass is 459 g/mol. The Bertz CT molecular complexity index is 1590. The summed E-state index contributed by atoms with van der Waals surface area (Å²) < 4.78 is 2.24. The van der Waals surface area contributed by atoms with Crippen molar-refractivity contribution in [3.05, 3.63) is 119 Å². The number of hydrogen-bond acceptors (Lipinski definition) is 3. The third-order valence-corrected chi connectivity index (χ3v) is 6.85. The van der Waals surface area contributed by atoms with Gasteiger partial charge in [0.2, 0.25) is 0 Å². The van der Waals surface area contributed by atoms with Crippen LogP contribution >= 0.6 is 11.8 Å². The number of amidine groups is 1. The Labute approximate surface area is 201 Å². The molecule has 4 aromatic carbocycles. The molecule has 0 radical (unpaired) electrons. The van der Waals surface area contributed by atoms with Gasteiger partial charge >= 0.3 is 0 Å². The second kappa shape index (κ2) is 8.69. The number of carbonyl (C=O) groups is 1. The number of aromatic nitrogens is 1. The SMILES string of the molecule is O=C1NC(=Nc2cccc3ccccc23)S/C1=C\c1cn(Cc2ccccc2)c2ccccc12. The predicted molar refractivity (Wildman–Crippen MR) is 142 cm³/mol. The highest BCUT2D eigenvalue weighted by Crippen LogP contribution is 2.33. The van der Waals surface area contributed by atoms with Crippen molar-refractivity contribution >= 4 is 56.3 Å². The number of hydrogen-bond donors (Lipinski definition) is 1. The highest BCUT2D eigenvalue weighted by atomic mass is 32.2. The summed E-state index contributed by atoms with van der Waals surface area (Å²) in [5, 5.41) is 6.84. The lowest BCUT2D eigenvalue weighted by atomic mass is 10.1. The van der Waals surface area contributed by atoms with Crippen LogP contribution in [-0.4, -0.2) is 15.6 Å². The minimum atomic E-state index is -0.121. The van der Waals surface area contributed by atoms with Crippen LogP contribution < -0.4 is 5.32 Å². The molecular weight excluding hydrogens is 438 g/mol. The normalized spacial score (nSPS) is 16.1. The van der Waals surface area contributed by atoms with Crippen LogP contribution in [-0.2, 0) is 11.3 Å². The quantitative estimate of drug-likeness (QED) is 0.303. The Balaban J connectivity index is 1.35. The van der Waals surface area contributed by atoms with Crippen LogP contribution in [0.3, 0.4) is 0 Å². The van der Waals surface area contributed by atoms with E-state index in [9.17, 15) is 4.79 Å². The van der Waals surface area contributed by atoms with Crippen LogP contribution in [0.2, 0.25) is 0 Å². The van der Waals surface area contributed by atoms with Crippen LogP contribution in [0.5, 0.6) is 0 Å². The van der Waals surface area contributed by atoms with Gasteiger partial charge in [0, 0.05) is 34.6 Å². The predicted octanol–water partition coefficient (Wildman–Crippen LogP) is 6.73. The van der Waals surface area contributed by atoms with Gasteiger partial charge in [-0.05, 0) is 40.9 Å². The zero-order valence-corrected chi connectivity index (χ0v) is 19.1. The fourth-order valence-electron chi connectivity index (χ4n) is 4.34. The number of rotatable bonds is 4. The molecule has 1 saturated heterocycles. The summed E-state index contributed by atoms with van der Waals surface area (Å²) in [7, 11) is 0. The Morgan fingerprint density at radius 2 is 1.56 bits per heavy atom. The first kappa shape index (κ1) is 20.5. The Morgan fingerprint density at radius 1 is 0.824 bits per heavy atom. The van der Waals surface area contributed by atoms with Gasteiger partial charge in [0.15, 0.2) is 5.17 Å². The molecule has 0 saturated carbocycles. The van der Waals surface area contributed by atoms with Crippen LogP contribution in [0.4, 0.5) is 5.69 Å². The molecule has 34 heavy (non-hydrogen) atoms. The van der Waals surface area contributed by atoms with Crippen molar-refractivity contribution in [2.24, 2.45) is 4.99 Å². The minimum absolute atomic E-state index is 0.121. The summed E-state index contributed by atoms with van der Waals surface area (Å²) in [4.78, 5) is 18.2. The number of nitrogens with one attached hydrogen (secondary N) is 1. The van der Waals surface area contributed by atoms with Gasteiger partial charge in [-0.2, -0.15) is 0 Å². The second-order valence-electron chi connectivity index (χ2n) is 8.20. The zero-order chi connectivity index (χ0) is 22.9. The Kier molecular flexibility index (Phi) is 5.24. The number of amides is 1. The maximum Gasteiger partial charge on any atom is 0.264 e. The average Bonchev–Trinajstić information content (AvgIpc) is 3.39. The van der Waals surface area contributed by atoms with Crippen molar-refractivity contribution in [2.75, 3.05) is 0 Å². The molecule has 0 bridgehead atoms. The van der Waals surface area contributed by atoms with Crippen molar-refractivity contribution in [3.8, 4) is 0 Å². The van der Waals surface area contributed by atoms with Crippen LogP contribution in [0.1, 0.15) is 11.1 Å². The number of fused-ring (bicyclic) bond motifs is 2. The highest BCUT2D eigenvalue weighted by molar-refractivity contribution is 8.18. The number of nitrogens with zero attached hydrogens (tertiary/aromatic N) is 2. The van der Waals surface area contributed by atoms with E-state index in [4.69, 9.17) is 4.99 Å². The van der Waals surface area contributed by atoms with Gasteiger partial charge in [-0.3, -0.25) is 4.79 Å². The molecule has 1 fully saturated rings.